The van der Waals surface area contributed by atoms with Gasteiger partial charge in [-0.05, 0) is 116 Å². The molecule has 0 amide bonds. The molecule has 2 nitrogen and oxygen atoms in total. The number of hydrogen-bond acceptors (Lipinski definition) is 1. The van der Waals surface area contributed by atoms with Gasteiger partial charge in [-0.2, -0.15) is 0 Å². The van der Waals surface area contributed by atoms with Gasteiger partial charge < -0.3 is 9.88 Å². The average molecular weight is 465 g/mol. The molecule has 0 atom stereocenters. The van der Waals surface area contributed by atoms with Crippen molar-refractivity contribution in [2.75, 3.05) is 0 Å². The predicted octanol–water partition coefficient (Wildman–Crippen LogP) is 7.67. The lowest BCUT2D eigenvalue weighted by molar-refractivity contribution is -0.0142. The maximum atomic E-state index is 6.18. The van der Waals surface area contributed by atoms with E-state index in [1.54, 1.807) is 0 Å². The molecule has 1 heterocycles. The number of nitrogens with one attached hydrogen (secondary N) is 1. The summed E-state index contributed by atoms with van der Waals surface area (Å²) in [6, 6.07) is 19.3. The summed E-state index contributed by atoms with van der Waals surface area (Å²) < 4.78 is 2.35. The summed E-state index contributed by atoms with van der Waals surface area (Å²) in [6.45, 7) is 3.17. The minimum Gasteiger partial charge on any atom is -0.314 e. The Morgan fingerprint density at radius 1 is 0.812 bits per heavy atom. The summed E-state index contributed by atoms with van der Waals surface area (Å²) >= 11 is 12.4. The second kappa shape index (κ2) is 8.24. The van der Waals surface area contributed by atoms with E-state index in [1.807, 2.05) is 24.3 Å². The van der Waals surface area contributed by atoms with Crippen molar-refractivity contribution in [1.82, 2.24) is 9.88 Å². The molecular formula is C28H30Cl2N2. The molecule has 2 aromatic carbocycles. The van der Waals surface area contributed by atoms with Crippen molar-refractivity contribution in [2.24, 2.45) is 23.7 Å². The molecule has 32 heavy (non-hydrogen) atoms. The van der Waals surface area contributed by atoms with Gasteiger partial charge in [-0.3, -0.25) is 0 Å². The van der Waals surface area contributed by atoms with Crippen molar-refractivity contribution in [3.8, 4) is 16.9 Å². The number of aromatic nitrogens is 1. The summed E-state index contributed by atoms with van der Waals surface area (Å²) in [5.74, 6) is 3.81. The van der Waals surface area contributed by atoms with Crippen LogP contribution in [0, 0.1) is 30.6 Å². The van der Waals surface area contributed by atoms with Crippen LogP contribution in [-0.4, -0.2) is 10.6 Å². The van der Waals surface area contributed by atoms with Crippen molar-refractivity contribution in [1.29, 1.82) is 0 Å². The molecule has 1 aromatic heterocycles. The molecule has 0 unspecified atom stereocenters. The Kier molecular flexibility index (Phi) is 5.36. The Morgan fingerprint density at radius 2 is 1.38 bits per heavy atom. The normalized spacial score (nSPS) is 28.4. The maximum Gasteiger partial charge on any atom is 0.0534 e. The lowest BCUT2D eigenvalue weighted by Crippen LogP contribution is -2.54. The molecule has 3 aromatic rings. The number of nitrogens with zero attached hydrogens (tertiary/aromatic N) is 1. The van der Waals surface area contributed by atoms with E-state index in [2.05, 4.69) is 47.1 Å². The second-order valence-corrected chi connectivity index (χ2v) is 11.2. The molecule has 4 saturated carbocycles. The van der Waals surface area contributed by atoms with Crippen molar-refractivity contribution in [2.45, 2.75) is 51.6 Å². The zero-order valence-corrected chi connectivity index (χ0v) is 20.0. The van der Waals surface area contributed by atoms with E-state index < -0.39 is 0 Å². The number of rotatable bonds is 5. The maximum absolute atomic E-state index is 6.18. The van der Waals surface area contributed by atoms with Crippen LogP contribution in [0.15, 0.2) is 54.6 Å². The molecular weight excluding hydrogens is 435 g/mol. The molecule has 0 aliphatic heterocycles. The van der Waals surface area contributed by atoms with Gasteiger partial charge in [0.1, 0.15) is 0 Å². The third-order valence-electron chi connectivity index (χ3n) is 8.33. The number of halogens is 2. The largest absolute Gasteiger partial charge is 0.314 e. The van der Waals surface area contributed by atoms with Gasteiger partial charge in [-0.1, -0.05) is 35.3 Å². The van der Waals surface area contributed by atoms with E-state index in [0.29, 0.717) is 6.04 Å². The first-order chi connectivity index (χ1) is 15.5. The SMILES string of the molecule is Cc1c(CNC2C3CC4CC(C3)CC2C4)cc(-c2ccc(Cl)cc2)n1-c1ccc(Cl)cc1. The Bertz CT molecular complexity index is 1090. The van der Waals surface area contributed by atoms with E-state index in [0.717, 1.165) is 45.9 Å². The highest BCUT2D eigenvalue weighted by Gasteiger charge is 2.47. The van der Waals surface area contributed by atoms with Crippen LogP contribution in [0.5, 0.6) is 0 Å². The topological polar surface area (TPSA) is 17.0 Å². The van der Waals surface area contributed by atoms with Crippen LogP contribution in [0.4, 0.5) is 0 Å². The Labute approximate surface area is 200 Å². The molecule has 4 heteroatoms. The monoisotopic (exact) mass is 464 g/mol. The highest BCUT2D eigenvalue weighted by Crippen LogP contribution is 2.53. The zero-order valence-electron chi connectivity index (χ0n) is 18.5. The molecule has 4 aliphatic rings. The van der Waals surface area contributed by atoms with E-state index in [9.17, 15) is 0 Å². The second-order valence-electron chi connectivity index (χ2n) is 10.3. The average Bonchev–Trinajstić information content (AvgIpc) is 3.10. The molecule has 1 N–H and O–H groups in total. The van der Waals surface area contributed by atoms with Gasteiger partial charge in [0.25, 0.3) is 0 Å². The first kappa shape index (κ1) is 20.8. The Morgan fingerprint density at radius 3 is 1.97 bits per heavy atom. The van der Waals surface area contributed by atoms with Crippen molar-refractivity contribution >= 4 is 23.2 Å². The Balaban J connectivity index is 1.32. The van der Waals surface area contributed by atoms with E-state index in [1.165, 1.54) is 54.6 Å². The molecule has 0 radical (unpaired) electrons. The van der Waals surface area contributed by atoms with E-state index in [-0.39, 0.29) is 0 Å². The van der Waals surface area contributed by atoms with Gasteiger partial charge in [-0.15, -0.1) is 0 Å². The summed E-state index contributed by atoms with van der Waals surface area (Å²) in [6.07, 6.45) is 7.31. The fourth-order valence-electron chi connectivity index (χ4n) is 7.08. The molecule has 0 saturated heterocycles. The first-order valence-electron chi connectivity index (χ1n) is 12.0. The first-order valence-corrected chi connectivity index (χ1v) is 12.8. The smallest absolute Gasteiger partial charge is 0.0534 e. The van der Waals surface area contributed by atoms with Gasteiger partial charge in [0.15, 0.2) is 0 Å². The van der Waals surface area contributed by atoms with Gasteiger partial charge in [0, 0.05) is 34.0 Å². The lowest BCUT2D eigenvalue weighted by atomic mass is 9.54. The minimum atomic E-state index is 0.695. The Hall–Kier alpha value is -1.74. The van der Waals surface area contributed by atoms with Crippen LogP contribution in [0.1, 0.15) is 43.4 Å². The number of benzene rings is 2. The standard InChI is InChI=1S/C28H30Cl2N2/c1-17-23(16-31-28-21-11-18-10-19(13-21)14-22(28)12-18)15-27(20-2-4-24(29)5-3-20)32(17)26-8-6-25(30)7-9-26/h2-9,15,18-19,21-22,28,31H,10-14,16H2,1H3. The van der Waals surface area contributed by atoms with E-state index in [4.69, 9.17) is 23.2 Å². The third-order valence-corrected chi connectivity index (χ3v) is 8.84. The molecule has 4 fully saturated rings. The lowest BCUT2D eigenvalue weighted by Gasteiger charge is -2.54. The van der Waals surface area contributed by atoms with Crippen molar-refractivity contribution < 1.29 is 0 Å². The fourth-order valence-corrected chi connectivity index (χ4v) is 7.33. The van der Waals surface area contributed by atoms with Crippen LogP contribution in [0.25, 0.3) is 16.9 Å². The van der Waals surface area contributed by atoms with Gasteiger partial charge in [0.05, 0.1) is 5.69 Å². The molecule has 166 valence electrons. The van der Waals surface area contributed by atoms with Crippen molar-refractivity contribution in [3.63, 3.8) is 0 Å². The molecule has 0 spiro atoms. The highest BCUT2D eigenvalue weighted by molar-refractivity contribution is 6.30. The van der Waals surface area contributed by atoms with Crippen LogP contribution >= 0.6 is 23.2 Å². The summed E-state index contributed by atoms with van der Waals surface area (Å²) in [5, 5.41) is 5.55. The van der Waals surface area contributed by atoms with Crippen molar-refractivity contribution in [3.05, 3.63) is 75.9 Å². The molecule has 7 rings (SSSR count). The highest BCUT2D eigenvalue weighted by atomic mass is 35.5. The van der Waals surface area contributed by atoms with Gasteiger partial charge in [-0.25, -0.2) is 0 Å². The predicted molar refractivity (Wildman–Crippen MR) is 134 cm³/mol. The van der Waals surface area contributed by atoms with Gasteiger partial charge in [0.2, 0.25) is 0 Å². The molecule has 4 aliphatic carbocycles. The van der Waals surface area contributed by atoms with E-state index >= 15 is 0 Å². The summed E-state index contributed by atoms with van der Waals surface area (Å²) in [4.78, 5) is 0. The van der Waals surface area contributed by atoms with Crippen LogP contribution in [0.2, 0.25) is 10.0 Å². The number of hydrogen-bond donors (Lipinski definition) is 1. The molecule has 4 bridgehead atoms. The quantitative estimate of drug-likeness (QED) is 0.409. The fraction of sp³-hybridized carbons (Fsp3) is 0.429. The summed E-state index contributed by atoms with van der Waals surface area (Å²) in [5.41, 5.74) is 6.17. The third kappa shape index (κ3) is 3.71. The minimum absolute atomic E-state index is 0.695. The van der Waals surface area contributed by atoms with Crippen LogP contribution < -0.4 is 5.32 Å². The zero-order chi connectivity index (χ0) is 21.8. The summed E-state index contributed by atoms with van der Waals surface area (Å²) in [7, 11) is 0. The van der Waals surface area contributed by atoms with Gasteiger partial charge >= 0.3 is 0 Å². The van der Waals surface area contributed by atoms with Crippen LogP contribution in [-0.2, 0) is 6.54 Å². The van der Waals surface area contributed by atoms with Crippen LogP contribution in [0.3, 0.4) is 0 Å².